The Balaban J connectivity index is 1.66. The third-order valence-corrected chi connectivity index (χ3v) is 3.39. The Morgan fingerprint density at radius 3 is 2.62 bits per heavy atom. The molecule has 1 saturated heterocycles. The van der Waals surface area contributed by atoms with Gasteiger partial charge in [0.05, 0.1) is 32.0 Å². The van der Waals surface area contributed by atoms with E-state index in [0.717, 1.165) is 5.56 Å². The molecule has 1 aliphatic heterocycles. The van der Waals surface area contributed by atoms with Crippen molar-refractivity contribution in [3.8, 4) is 0 Å². The van der Waals surface area contributed by atoms with Gasteiger partial charge in [-0.05, 0) is 19.4 Å². The summed E-state index contributed by atoms with van der Waals surface area (Å²) in [6.45, 7) is 4.58. The van der Waals surface area contributed by atoms with E-state index in [1.54, 1.807) is 13.8 Å². The summed E-state index contributed by atoms with van der Waals surface area (Å²) in [6, 6.07) is 9.76. The normalized spacial score (nSPS) is 23.9. The lowest BCUT2D eigenvalue weighted by atomic mass is 10.1. The SMILES string of the molecule is CC1(C)OC[C@H]([C@@H](O)C[C@@H](O)COCc2ccccc2)O1. The molecule has 1 heterocycles. The summed E-state index contributed by atoms with van der Waals surface area (Å²) in [6.07, 6.45) is -1.68. The third-order valence-electron chi connectivity index (χ3n) is 3.39. The summed E-state index contributed by atoms with van der Waals surface area (Å²) in [4.78, 5) is 0. The first-order chi connectivity index (χ1) is 9.96. The molecule has 1 fully saturated rings. The summed E-state index contributed by atoms with van der Waals surface area (Å²) in [5.41, 5.74) is 1.06. The van der Waals surface area contributed by atoms with Crippen LogP contribution in [-0.2, 0) is 20.8 Å². The number of hydrogen-bond acceptors (Lipinski definition) is 5. The van der Waals surface area contributed by atoms with Gasteiger partial charge in [-0.25, -0.2) is 0 Å². The van der Waals surface area contributed by atoms with Crippen LogP contribution < -0.4 is 0 Å². The molecule has 0 saturated carbocycles. The van der Waals surface area contributed by atoms with Crippen molar-refractivity contribution in [1.82, 2.24) is 0 Å². The number of hydrogen-bond donors (Lipinski definition) is 2. The maximum Gasteiger partial charge on any atom is 0.163 e. The Bertz CT molecular complexity index is 420. The molecule has 0 radical (unpaired) electrons. The van der Waals surface area contributed by atoms with Crippen molar-refractivity contribution in [2.75, 3.05) is 13.2 Å². The molecule has 0 aliphatic carbocycles. The predicted octanol–water partition coefficient (Wildman–Crippen LogP) is 1.47. The number of benzene rings is 1. The zero-order chi connectivity index (χ0) is 15.3. The van der Waals surface area contributed by atoms with E-state index in [2.05, 4.69) is 0 Å². The molecule has 21 heavy (non-hydrogen) atoms. The summed E-state index contributed by atoms with van der Waals surface area (Å²) in [5.74, 6) is -0.666. The van der Waals surface area contributed by atoms with Gasteiger partial charge in [0.15, 0.2) is 5.79 Å². The minimum absolute atomic E-state index is 0.183. The van der Waals surface area contributed by atoms with Crippen molar-refractivity contribution in [3.05, 3.63) is 35.9 Å². The number of aliphatic hydroxyl groups is 2. The first-order valence-corrected chi connectivity index (χ1v) is 7.26. The van der Waals surface area contributed by atoms with E-state index in [0.29, 0.717) is 13.2 Å². The minimum atomic E-state index is -0.762. The second-order valence-electron chi connectivity index (χ2n) is 5.82. The first kappa shape index (κ1) is 16.4. The van der Waals surface area contributed by atoms with Crippen molar-refractivity contribution in [2.45, 2.75) is 51.0 Å². The molecule has 1 aromatic rings. The van der Waals surface area contributed by atoms with Gasteiger partial charge in [-0.1, -0.05) is 30.3 Å². The molecular weight excluding hydrogens is 272 g/mol. The van der Waals surface area contributed by atoms with Crippen LogP contribution in [0.3, 0.4) is 0 Å². The minimum Gasteiger partial charge on any atom is -0.391 e. The van der Waals surface area contributed by atoms with Gasteiger partial charge in [-0.15, -0.1) is 0 Å². The second kappa shape index (κ2) is 7.33. The fourth-order valence-electron chi connectivity index (χ4n) is 2.29. The molecule has 2 rings (SSSR count). The largest absolute Gasteiger partial charge is 0.391 e. The molecule has 1 aliphatic rings. The molecule has 0 unspecified atom stereocenters. The molecule has 0 bridgehead atoms. The maximum absolute atomic E-state index is 10.0. The van der Waals surface area contributed by atoms with Crippen LogP contribution in [0.2, 0.25) is 0 Å². The number of rotatable bonds is 7. The second-order valence-corrected chi connectivity index (χ2v) is 5.82. The van der Waals surface area contributed by atoms with E-state index in [9.17, 15) is 10.2 Å². The highest BCUT2D eigenvalue weighted by molar-refractivity contribution is 5.13. The average molecular weight is 296 g/mol. The zero-order valence-corrected chi connectivity index (χ0v) is 12.6. The molecule has 0 amide bonds. The van der Waals surface area contributed by atoms with Crippen LogP contribution >= 0.6 is 0 Å². The smallest absolute Gasteiger partial charge is 0.163 e. The number of aliphatic hydroxyl groups excluding tert-OH is 2. The Labute approximate surface area is 125 Å². The monoisotopic (exact) mass is 296 g/mol. The van der Waals surface area contributed by atoms with E-state index in [1.165, 1.54) is 0 Å². The molecule has 0 spiro atoms. The number of ether oxygens (including phenoxy) is 3. The van der Waals surface area contributed by atoms with Crippen molar-refractivity contribution in [1.29, 1.82) is 0 Å². The highest BCUT2D eigenvalue weighted by Gasteiger charge is 2.37. The average Bonchev–Trinajstić information content (AvgIpc) is 2.80. The fourth-order valence-corrected chi connectivity index (χ4v) is 2.29. The van der Waals surface area contributed by atoms with Crippen LogP contribution in [0.1, 0.15) is 25.8 Å². The van der Waals surface area contributed by atoms with Crippen LogP contribution in [-0.4, -0.2) is 47.5 Å². The summed E-state index contributed by atoms with van der Waals surface area (Å²) < 4.78 is 16.4. The van der Waals surface area contributed by atoms with Gasteiger partial charge in [0, 0.05) is 6.42 Å². The Morgan fingerprint density at radius 1 is 1.29 bits per heavy atom. The van der Waals surface area contributed by atoms with E-state index in [4.69, 9.17) is 14.2 Å². The predicted molar refractivity (Wildman–Crippen MR) is 77.6 cm³/mol. The van der Waals surface area contributed by atoms with Crippen LogP contribution in [0.4, 0.5) is 0 Å². The van der Waals surface area contributed by atoms with E-state index in [1.807, 2.05) is 30.3 Å². The van der Waals surface area contributed by atoms with Gasteiger partial charge in [0.2, 0.25) is 0 Å². The molecule has 2 N–H and O–H groups in total. The first-order valence-electron chi connectivity index (χ1n) is 7.26. The van der Waals surface area contributed by atoms with Crippen LogP contribution in [0.15, 0.2) is 30.3 Å². The van der Waals surface area contributed by atoms with E-state index >= 15 is 0 Å². The lowest BCUT2D eigenvalue weighted by Crippen LogP contribution is -2.34. The van der Waals surface area contributed by atoms with Crippen LogP contribution in [0.25, 0.3) is 0 Å². The fraction of sp³-hybridized carbons (Fsp3) is 0.625. The van der Waals surface area contributed by atoms with Gasteiger partial charge in [-0.2, -0.15) is 0 Å². The Kier molecular flexibility index (Phi) is 5.72. The van der Waals surface area contributed by atoms with Gasteiger partial charge in [0.25, 0.3) is 0 Å². The van der Waals surface area contributed by atoms with Gasteiger partial charge in [-0.3, -0.25) is 0 Å². The van der Waals surface area contributed by atoms with Crippen LogP contribution in [0.5, 0.6) is 0 Å². The molecule has 5 nitrogen and oxygen atoms in total. The summed E-state index contributed by atoms with van der Waals surface area (Å²) >= 11 is 0. The molecule has 0 aromatic heterocycles. The van der Waals surface area contributed by atoms with Crippen molar-refractivity contribution < 1.29 is 24.4 Å². The van der Waals surface area contributed by atoms with Crippen LogP contribution in [0, 0.1) is 0 Å². The molecule has 1 aromatic carbocycles. The lowest BCUT2D eigenvalue weighted by molar-refractivity contribution is -0.154. The van der Waals surface area contributed by atoms with E-state index < -0.39 is 24.1 Å². The standard InChI is InChI=1S/C16H24O5/c1-16(2)20-11-15(21-16)14(18)8-13(17)10-19-9-12-6-4-3-5-7-12/h3-7,13-15,17-18H,8-11H2,1-2H3/t13-,14+,15-/m1/s1. The zero-order valence-electron chi connectivity index (χ0n) is 12.6. The quantitative estimate of drug-likeness (QED) is 0.797. The Hall–Kier alpha value is -0.980. The highest BCUT2D eigenvalue weighted by atomic mass is 16.7. The Morgan fingerprint density at radius 2 is 2.00 bits per heavy atom. The summed E-state index contributed by atoms with van der Waals surface area (Å²) in [7, 11) is 0. The summed E-state index contributed by atoms with van der Waals surface area (Å²) in [5, 5.41) is 20.0. The highest BCUT2D eigenvalue weighted by Crippen LogP contribution is 2.25. The topological polar surface area (TPSA) is 68.2 Å². The van der Waals surface area contributed by atoms with Crippen molar-refractivity contribution >= 4 is 0 Å². The van der Waals surface area contributed by atoms with Crippen molar-refractivity contribution in [3.63, 3.8) is 0 Å². The third kappa shape index (κ3) is 5.37. The van der Waals surface area contributed by atoms with E-state index in [-0.39, 0.29) is 13.0 Å². The van der Waals surface area contributed by atoms with Gasteiger partial charge < -0.3 is 24.4 Å². The molecule has 5 heteroatoms. The van der Waals surface area contributed by atoms with Gasteiger partial charge in [0.1, 0.15) is 6.10 Å². The maximum atomic E-state index is 10.0. The lowest BCUT2D eigenvalue weighted by Gasteiger charge is -2.22. The van der Waals surface area contributed by atoms with Crippen molar-refractivity contribution in [2.24, 2.45) is 0 Å². The molecule has 118 valence electrons. The molecule has 3 atom stereocenters. The van der Waals surface area contributed by atoms with Gasteiger partial charge >= 0.3 is 0 Å². The molecular formula is C16H24O5.